The molecular formula is C26H30N4O2. The summed E-state index contributed by atoms with van der Waals surface area (Å²) in [5, 5.41) is 7.75. The highest BCUT2D eigenvalue weighted by Crippen LogP contribution is 2.25. The van der Waals surface area contributed by atoms with Crippen LogP contribution in [0.5, 0.6) is 0 Å². The number of piperidine rings is 1. The monoisotopic (exact) mass is 430 g/mol. The van der Waals surface area contributed by atoms with Gasteiger partial charge in [0, 0.05) is 37.6 Å². The van der Waals surface area contributed by atoms with Crippen molar-refractivity contribution >= 4 is 17.6 Å². The number of hydrogen-bond donors (Lipinski definition) is 1. The molecule has 32 heavy (non-hydrogen) atoms. The van der Waals surface area contributed by atoms with Crippen molar-refractivity contribution in [1.29, 1.82) is 0 Å². The van der Waals surface area contributed by atoms with Crippen LogP contribution in [-0.4, -0.2) is 39.6 Å². The normalized spacial score (nSPS) is 13.7. The van der Waals surface area contributed by atoms with E-state index in [9.17, 15) is 9.59 Å². The number of aromatic nitrogens is 2. The molecule has 4 rings (SSSR count). The lowest BCUT2D eigenvalue weighted by atomic mass is 10.1. The second kappa shape index (κ2) is 10.3. The Morgan fingerprint density at radius 1 is 0.938 bits per heavy atom. The number of nitrogens with zero attached hydrogens (tertiary/aromatic N) is 3. The van der Waals surface area contributed by atoms with Gasteiger partial charge in [0.25, 0.3) is 0 Å². The summed E-state index contributed by atoms with van der Waals surface area (Å²) in [7, 11) is 0. The molecule has 2 amide bonds. The van der Waals surface area contributed by atoms with E-state index in [4.69, 9.17) is 5.10 Å². The van der Waals surface area contributed by atoms with Crippen LogP contribution < -0.4 is 5.32 Å². The fourth-order valence-corrected chi connectivity index (χ4v) is 4.01. The number of carbonyl (C=O) groups excluding carboxylic acids is 2. The van der Waals surface area contributed by atoms with E-state index < -0.39 is 0 Å². The van der Waals surface area contributed by atoms with E-state index >= 15 is 0 Å². The summed E-state index contributed by atoms with van der Waals surface area (Å²) in [5.74, 6) is 0.679. The number of benzene rings is 2. The first-order valence-corrected chi connectivity index (χ1v) is 11.4. The molecule has 1 fully saturated rings. The number of nitrogens with one attached hydrogen (secondary N) is 1. The number of carbonyl (C=O) groups is 2. The Morgan fingerprint density at radius 2 is 1.66 bits per heavy atom. The van der Waals surface area contributed by atoms with Crippen molar-refractivity contribution in [2.45, 2.75) is 45.4 Å². The highest BCUT2D eigenvalue weighted by Gasteiger charge is 2.17. The first kappa shape index (κ1) is 21.8. The third-order valence-electron chi connectivity index (χ3n) is 5.83. The van der Waals surface area contributed by atoms with E-state index in [0.717, 1.165) is 48.4 Å². The van der Waals surface area contributed by atoms with Crippen molar-refractivity contribution in [1.82, 2.24) is 14.7 Å². The third kappa shape index (κ3) is 5.44. The molecule has 166 valence electrons. The van der Waals surface area contributed by atoms with Crippen LogP contribution in [0.1, 0.15) is 44.1 Å². The average Bonchev–Trinajstić information content (AvgIpc) is 3.24. The molecule has 1 saturated heterocycles. The van der Waals surface area contributed by atoms with Crippen LogP contribution in [0, 0.1) is 6.92 Å². The van der Waals surface area contributed by atoms with Gasteiger partial charge in [0.05, 0.1) is 11.4 Å². The highest BCUT2D eigenvalue weighted by atomic mass is 16.2. The van der Waals surface area contributed by atoms with E-state index in [1.807, 2.05) is 72.5 Å². The van der Waals surface area contributed by atoms with Gasteiger partial charge in [0.2, 0.25) is 11.8 Å². The number of rotatable bonds is 7. The SMILES string of the molecule is Cc1ccc(-n2nc(-c3ccccc3)cc2NC(=O)CCCC(=O)N2CCCCC2)cc1. The quantitative estimate of drug-likeness (QED) is 0.575. The van der Waals surface area contributed by atoms with E-state index in [-0.39, 0.29) is 11.8 Å². The minimum absolute atomic E-state index is 0.107. The first-order valence-electron chi connectivity index (χ1n) is 11.4. The van der Waals surface area contributed by atoms with Crippen molar-refractivity contribution in [2.75, 3.05) is 18.4 Å². The fourth-order valence-electron chi connectivity index (χ4n) is 4.01. The number of aryl methyl sites for hydroxylation is 1. The lowest BCUT2D eigenvalue weighted by Crippen LogP contribution is -2.35. The molecule has 1 aromatic heterocycles. The topological polar surface area (TPSA) is 67.2 Å². The number of anilines is 1. The summed E-state index contributed by atoms with van der Waals surface area (Å²) in [5.41, 5.74) is 3.82. The Hall–Kier alpha value is -3.41. The number of likely N-dealkylation sites (tertiary alicyclic amines) is 1. The summed E-state index contributed by atoms with van der Waals surface area (Å²) in [4.78, 5) is 27.0. The van der Waals surface area contributed by atoms with Crippen molar-refractivity contribution < 1.29 is 9.59 Å². The van der Waals surface area contributed by atoms with Gasteiger partial charge in [-0.05, 0) is 44.7 Å². The van der Waals surface area contributed by atoms with Crippen LogP contribution in [-0.2, 0) is 9.59 Å². The van der Waals surface area contributed by atoms with Crippen molar-refractivity contribution in [3.8, 4) is 16.9 Å². The largest absolute Gasteiger partial charge is 0.343 e. The Morgan fingerprint density at radius 3 is 2.38 bits per heavy atom. The Bertz CT molecular complexity index is 1050. The van der Waals surface area contributed by atoms with Crippen LogP contribution >= 0.6 is 0 Å². The number of amides is 2. The molecular weight excluding hydrogens is 400 g/mol. The molecule has 2 aromatic carbocycles. The fraction of sp³-hybridized carbons (Fsp3) is 0.346. The van der Waals surface area contributed by atoms with Gasteiger partial charge < -0.3 is 10.2 Å². The summed E-state index contributed by atoms with van der Waals surface area (Å²) >= 11 is 0. The second-order valence-electron chi connectivity index (χ2n) is 8.37. The molecule has 0 unspecified atom stereocenters. The molecule has 0 radical (unpaired) electrons. The zero-order valence-corrected chi connectivity index (χ0v) is 18.6. The van der Waals surface area contributed by atoms with Crippen molar-refractivity contribution in [3.05, 3.63) is 66.2 Å². The second-order valence-corrected chi connectivity index (χ2v) is 8.37. The van der Waals surface area contributed by atoms with Gasteiger partial charge in [-0.15, -0.1) is 0 Å². The van der Waals surface area contributed by atoms with Crippen LogP contribution in [0.25, 0.3) is 16.9 Å². The van der Waals surface area contributed by atoms with Gasteiger partial charge in [-0.1, -0.05) is 48.0 Å². The van der Waals surface area contributed by atoms with Crippen LogP contribution in [0.4, 0.5) is 5.82 Å². The maximum absolute atomic E-state index is 12.7. The van der Waals surface area contributed by atoms with Gasteiger partial charge in [0.1, 0.15) is 5.82 Å². The predicted octanol–water partition coefficient (Wildman–Crippen LogP) is 4.97. The minimum atomic E-state index is -0.107. The van der Waals surface area contributed by atoms with Crippen molar-refractivity contribution in [3.63, 3.8) is 0 Å². The maximum Gasteiger partial charge on any atom is 0.225 e. The predicted molar refractivity (Wildman–Crippen MR) is 127 cm³/mol. The highest BCUT2D eigenvalue weighted by molar-refractivity contribution is 5.91. The van der Waals surface area contributed by atoms with Crippen molar-refractivity contribution in [2.24, 2.45) is 0 Å². The van der Waals surface area contributed by atoms with E-state index in [0.29, 0.717) is 25.1 Å². The van der Waals surface area contributed by atoms with Gasteiger partial charge in [-0.25, -0.2) is 4.68 Å². The molecule has 0 saturated carbocycles. The molecule has 6 nitrogen and oxygen atoms in total. The molecule has 0 aliphatic carbocycles. The summed E-state index contributed by atoms with van der Waals surface area (Å²) < 4.78 is 1.76. The minimum Gasteiger partial charge on any atom is -0.343 e. The Kier molecular flexibility index (Phi) is 7.00. The van der Waals surface area contributed by atoms with E-state index in [1.165, 1.54) is 6.42 Å². The van der Waals surface area contributed by atoms with Crippen LogP contribution in [0.2, 0.25) is 0 Å². The van der Waals surface area contributed by atoms with Crippen LogP contribution in [0.3, 0.4) is 0 Å². The molecule has 2 heterocycles. The molecule has 0 atom stereocenters. The lowest BCUT2D eigenvalue weighted by molar-refractivity contribution is -0.132. The molecule has 0 bridgehead atoms. The molecule has 1 N–H and O–H groups in total. The average molecular weight is 431 g/mol. The van der Waals surface area contributed by atoms with E-state index in [1.54, 1.807) is 4.68 Å². The zero-order chi connectivity index (χ0) is 22.3. The summed E-state index contributed by atoms with van der Waals surface area (Å²) in [6.45, 7) is 3.74. The first-order chi connectivity index (χ1) is 15.6. The van der Waals surface area contributed by atoms with Gasteiger partial charge in [-0.2, -0.15) is 5.10 Å². The molecule has 0 spiro atoms. The molecule has 3 aromatic rings. The third-order valence-corrected chi connectivity index (χ3v) is 5.83. The smallest absolute Gasteiger partial charge is 0.225 e. The van der Waals surface area contributed by atoms with Gasteiger partial charge in [-0.3, -0.25) is 9.59 Å². The summed E-state index contributed by atoms with van der Waals surface area (Å²) in [6, 6.07) is 19.8. The standard InChI is InChI=1S/C26H30N4O2/c1-20-13-15-22(16-14-20)30-24(19-23(28-30)21-9-4-2-5-10-21)27-25(31)11-8-12-26(32)29-17-6-3-7-18-29/h2,4-5,9-10,13-16,19H,3,6-8,11-12,17-18H2,1H3,(H,27,31). The Labute approximate surface area is 189 Å². The maximum atomic E-state index is 12.7. The molecule has 1 aliphatic rings. The van der Waals surface area contributed by atoms with Gasteiger partial charge in [0.15, 0.2) is 0 Å². The lowest BCUT2D eigenvalue weighted by Gasteiger charge is -2.26. The van der Waals surface area contributed by atoms with E-state index in [2.05, 4.69) is 5.32 Å². The Balaban J connectivity index is 1.44. The number of hydrogen-bond acceptors (Lipinski definition) is 3. The van der Waals surface area contributed by atoms with Crippen LogP contribution in [0.15, 0.2) is 60.7 Å². The summed E-state index contributed by atoms with van der Waals surface area (Å²) in [6.07, 6.45) is 4.63. The molecule has 6 heteroatoms. The molecule has 1 aliphatic heterocycles. The zero-order valence-electron chi connectivity index (χ0n) is 18.6. The van der Waals surface area contributed by atoms with Gasteiger partial charge >= 0.3 is 0 Å².